The molecule has 0 saturated carbocycles. The maximum Gasteiger partial charge on any atom is 0.416 e. The average Bonchev–Trinajstić information content (AvgIpc) is 2.88. The molecule has 112 valence electrons. The third-order valence-corrected chi connectivity index (χ3v) is 3.66. The van der Waals surface area contributed by atoms with Gasteiger partial charge in [0.2, 0.25) is 0 Å². The standard InChI is InChI=1S/C13H12F3N3OS/c1-3-10-11(21-19-18-10)12(20)17-8-5-4-7(2)9(6-8)13(14,15)16/h4-6H,3H2,1-2H3,(H,17,20). The minimum Gasteiger partial charge on any atom is -0.321 e. The molecule has 1 heterocycles. The molecule has 0 unspecified atom stereocenters. The van der Waals surface area contributed by atoms with Gasteiger partial charge in [-0.1, -0.05) is 17.5 Å². The summed E-state index contributed by atoms with van der Waals surface area (Å²) in [6.07, 6.45) is -3.92. The SMILES string of the molecule is CCc1nnsc1C(=O)Nc1ccc(C)c(C(F)(F)F)c1. The van der Waals surface area contributed by atoms with Crippen molar-refractivity contribution >= 4 is 23.1 Å². The maximum atomic E-state index is 12.8. The number of anilines is 1. The van der Waals surface area contributed by atoms with Gasteiger partial charge < -0.3 is 5.32 Å². The first-order valence-electron chi connectivity index (χ1n) is 6.13. The van der Waals surface area contributed by atoms with Gasteiger partial charge in [0.05, 0.1) is 11.3 Å². The van der Waals surface area contributed by atoms with Crippen molar-refractivity contribution < 1.29 is 18.0 Å². The van der Waals surface area contributed by atoms with Crippen molar-refractivity contribution in [3.05, 3.63) is 39.9 Å². The number of aryl methyl sites for hydroxylation is 2. The number of halogens is 3. The van der Waals surface area contributed by atoms with Crippen LogP contribution in [-0.4, -0.2) is 15.5 Å². The molecular formula is C13H12F3N3OS. The number of amides is 1. The molecule has 0 fully saturated rings. The molecule has 1 aromatic carbocycles. The molecule has 0 saturated heterocycles. The van der Waals surface area contributed by atoms with Crippen molar-refractivity contribution in [1.29, 1.82) is 0 Å². The third-order valence-electron chi connectivity index (χ3n) is 2.90. The van der Waals surface area contributed by atoms with Crippen LogP contribution in [-0.2, 0) is 12.6 Å². The van der Waals surface area contributed by atoms with E-state index in [1.165, 1.54) is 19.1 Å². The highest BCUT2D eigenvalue weighted by Gasteiger charge is 2.32. The molecule has 1 amide bonds. The van der Waals surface area contributed by atoms with E-state index in [1.807, 2.05) is 6.92 Å². The van der Waals surface area contributed by atoms with Crippen LogP contribution in [0.15, 0.2) is 18.2 Å². The van der Waals surface area contributed by atoms with Gasteiger partial charge >= 0.3 is 6.18 Å². The number of rotatable bonds is 3. The number of carbonyl (C=O) groups excluding carboxylic acids is 1. The summed E-state index contributed by atoms with van der Waals surface area (Å²) in [5, 5.41) is 6.25. The van der Waals surface area contributed by atoms with E-state index in [2.05, 4.69) is 14.9 Å². The molecule has 2 rings (SSSR count). The summed E-state index contributed by atoms with van der Waals surface area (Å²) in [7, 11) is 0. The van der Waals surface area contributed by atoms with Crippen LogP contribution in [0.3, 0.4) is 0 Å². The molecule has 1 aromatic heterocycles. The molecule has 21 heavy (non-hydrogen) atoms. The first kappa shape index (κ1) is 15.4. The topological polar surface area (TPSA) is 54.9 Å². The Bertz CT molecular complexity index is 667. The largest absolute Gasteiger partial charge is 0.416 e. The van der Waals surface area contributed by atoms with Crippen molar-refractivity contribution in [2.24, 2.45) is 0 Å². The van der Waals surface area contributed by atoms with E-state index in [1.54, 1.807) is 0 Å². The minimum atomic E-state index is -4.45. The first-order chi connectivity index (χ1) is 9.82. The van der Waals surface area contributed by atoms with Crippen molar-refractivity contribution in [2.75, 3.05) is 5.32 Å². The first-order valence-corrected chi connectivity index (χ1v) is 6.90. The summed E-state index contributed by atoms with van der Waals surface area (Å²) >= 11 is 0.919. The molecule has 0 bridgehead atoms. The number of benzene rings is 1. The second kappa shape index (κ2) is 5.80. The molecule has 0 aliphatic carbocycles. The zero-order chi connectivity index (χ0) is 15.6. The number of hydrogen-bond acceptors (Lipinski definition) is 4. The predicted molar refractivity (Wildman–Crippen MR) is 73.4 cm³/mol. The number of hydrogen-bond donors (Lipinski definition) is 1. The van der Waals surface area contributed by atoms with E-state index in [4.69, 9.17) is 0 Å². The van der Waals surface area contributed by atoms with Gasteiger partial charge in [-0.3, -0.25) is 4.79 Å². The van der Waals surface area contributed by atoms with E-state index in [0.717, 1.165) is 17.6 Å². The maximum absolute atomic E-state index is 12.8. The van der Waals surface area contributed by atoms with Crippen molar-refractivity contribution in [1.82, 2.24) is 9.59 Å². The quantitative estimate of drug-likeness (QED) is 0.940. The van der Waals surface area contributed by atoms with Crippen LogP contribution >= 0.6 is 11.5 Å². The number of nitrogens with zero attached hydrogens (tertiary/aromatic N) is 2. The molecule has 0 spiro atoms. The zero-order valence-corrected chi connectivity index (χ0v) is 12.1. The molecule has 0 radical (unpaired) electrons. The van der Waals surface area contributed by atoms with Crippen molar-refractivity contribution in [3.8, 4) is 0 Å². The molecule has 0 aliphatic heterocycles. The second-order valence-corrected chi connectivity index (χ2v) is 5.14. The van der Waals surface area contributed by atoms with Crippen LogP contribution in [0.25, 0.3) is 0 Å². The van der Waals surface area contributed by atoms with Crippen LogP contribution in [0.5, 0.6) is 0 Å². The van der Waals surface area contributed by atoms with Crippen LogP contribution in [0.2, 0.25) is 0 Å². The predicted octanol–water partition coefficient (Wildman–Crippen LogP) is 3.68. The molecule has 4 nitrogen and oxygen atoms in total. The Morgan fingerprint density at radius 1 is 1.38 bits per heavy atom. The van der Waals surface area contributed by atoms with E-state index in [-0.39, 0.29) is 11.3 Å². The average molecular weight is 315 g/mol. The number of nitrogens with one attached hydrogen (secondary N) is 1. The van der Waals surface area contributed by atoms with Gasteiger partial charge in [-0.25, -0.2) is 0 Å². The van der Waals surface area contributed by atoms with Gasteiger partial charge in [-0.05, 0) is 42.6 Å². The Hall–Kier alpha value is -1.96. The zero-order valence-electron chi connectivity index (χ0n) is 11.3. The van der Waals surface area contributed by atoms with E-state index in [9.17, 15) is 18.0 Å². The summed E-state index contributed by atoms with van der Waals surface area (Å²) in [5.41, 5.74) is -0.0401. The lowest BCUT2D eigenvalue weighted by atomic mass is 10.1. The fourth-order valence-electron chi connectivity index (χ4n) is 1.81. The Kier molecular flexibility index (Phi) is 4.26. The summed E-state index contributed by atoms with van der Waals surface area (Å²) in [6, 6.07) is 3.68. The molecule has 1 N–H and O–H groups in total. The molecule has 8 heteroatoms. The Balaban J connectivity index is 2.26. The van der Waals surface area contributed by atoms with Crippen molar-refractivity contribution in [2.45, 2.75) is 26.4 Å². The second-order valence-electron chi connectivity index (χ2n) is 4.38. The highest BCUT2D eigenvalue weighted by Crippen LogP contribution is 2.33. The van der Waals surface area contributed by atoms with Gasteiger partial charge in [-0.15, -0.1) is 5.10 Å². The lowest BCUT2D eigenvalue weighted by Gasteiger charge is -2.12. The highest BCUT2D eigenvalue weighted by atomic mass is 32.1. The van der Waals surface area contributed by atoms with Crippen LogP contribution < -0.4 is 5.32 Å². The molecule has 0 atom stereocenters. The summed E-state index contributed by atoms with van der Waals surface area (Å²) in [5.74, 6) is -0.501. The van der Waals surface area contributed by atoms with Crippen molar-refractivity contribution in [3.63, 3.8) is 0 Å². The number of aromatic nitrogens is 2. The van der Waals surface area contributed by atoms with E-state index in [0.29, 0.717) is 17.0 Å². The van der Waals surface area contributed by atoms with Gasteiger partial charge in [0.25, 0.3) is 5.91 Å². The summed E-state index contributed by atoms with van der Waals surface area (Å²) in [4.78, 5) is 12.4. The minimum absolute atomic E-state index is 0.0911. The highest BCUT2D eigenvalue weighted by molar-refractivity contribution is 7.08. The van der Waals surface area contributed by atoms with Gasteiger partial charge in [0, 0.05) is 5.69 Å². The third kappa shape index (κ3) is 3.38. The Morgan fingerprint density at radius 2 is 2.10 bits per heavy atom. The van der Waals surface area contributed by atoms with Crippen LogP contribution in [0, 0.1) is 6.92 Å². The van der Waals surface area contributed by atoms with E-state index >= 15 is 0 Å². The number of carbonyl (C=O) groups is 1. The van der Waals surface area contributed by atoms with Gasteiger partial charge in [-0.2, -0.15) is 13.2 Å². The summed E-state index contributed by atoms with van der Waals surface area (Å²) in [6.45, 7) is 3.19. The smallest absolute Gasteiger partial charge is 0.321 e. The van der Waals surface area contributed by atoms with E-state index < -0.39 is 17.6 Å². The van der Waals surface area contributed by atoms with Gasteiger partial charge in [0.15, 0.2) is 0 Å². The fourth-order valence-corrected chi connectivity index (χ4v) is 2.45. The normalized spacial score (nSPS) is 11.5. The summed E-state index contributed by atoms with van der Waals surface area (Å²) < 4.78 is 42.2. The Morgan fingerprint density at radius 3 is 2.71 bits per heavy atom. The molecular weight excluding hydrogens is 303 g/mol. The van der Waals surface area contributed by atoms with Crippen LogP contribution in [0.1, 0.15) is 33.4 Å². The van der Waals surface area contributed by atoms with Crippen LogP contribution in [0.4, 0.5) is 18.9 Å². The lowest BCUT2D eigenvalue weighted by molar-refractivity contribution is -0.138. The Labute approximate surface area is 123 Å². The monoisotopic (exact) mass is 315 g/mol. The fraction of sp³-hybridized carbons (Fsp3) is 0.308. The molecule has 2 aromatic rings. The number of alkyl halides is 3. The molecule has 0 aliphatic rings. The lowest BCUT2D eigenvalue weighted by Crippen LogP contribution is -2.14. The van der Waals surface area contributed by atoms with Gasteiger partial charge in [0.1, 0.15) is 4.88 Å².